The summed E-state index contributed by atoms with van der Waals surface area (Å²) < 4.78 is 0. The number of hydrogen-bond donors (Lipinski definition) is 0. The van der Waals surface area contributed by atoms with Gasteiger partial charge in [0, 0.05) is 56.5 Å². The Morgan fingerprint density at radius 2 is 1.92 bits per heavy atom. The lowest BCUT2D eigenvalue weighted by Crippen LogP contribution is -2.43. The summed E-state index contributed by atoms with van der Waals surface area (Å²) in [5.74, 6) is 0.332. The molecule has 3 heterocycles. The van der Waals surface area contributed by atoms with Crippen molar-refractivity contribution in [2.75, 3.05) is 19.6 Å². The van der Waals surface area contributed by atoms with Gasteiger partial charge in [-0.3, -0.25) is 14.6 Å². The molecular formula is C19H25N3O2. The van der Waals surface area contributed by atoms with E-state index in [-0.39, 0.29) is 17.2 Å². The van der Waals surface area contributed by atoms with E-state index in [1.165, 1.54) is 0 Å². The second-order valence-electron chi connectivity index (χ2n) is 7.33. The predicted molar refractivity (Wildman–Crippen MR) is 91.9 cm³/mol. The Labute approximate surface area is 143 Å². The molecule has 0 aliphatic carbocycles. The highest BCUT2D eigenvalue weighted by Gasteiger charge is 2.45. The fraction of sp³-hybridized carbons (Fsp3) is 0.526. The zero-order valence-electron chi connectivity index (χ0n) is 14.5. The molecular weight excluding hydrogens is 302 g/mol. The topological polar surface area (TPSA) is 53.5 Å². The first-order valence-electron chi connectivity index (χ1n) is 8.58. The molecule has 2 saturated heterocycles. The maximum Gasteiger partial charge on any atom is 0.246 e. The monoisotopic (exact) mass is 327 g/mol. The third-order valence-corrected chi connectivity index (χ3v) is 5.08. The van der Waals surface area contributed by atoms with Crippen LogP contribution in [-0.4, -0.2) is 46.2 Å². The molecule has 2 amide bonds. The molecule has 0 aromatic carbocycles. The first-order valence-corrected chi connectivity index (χ1v) is 8.58. The maximum atomic E-state index is 12.4. The quantitative estimate of drug-likeness (QED) is 0.801. The first-order chi connectivity index (χ1) is 11.5. The van der Waals surface area contributed by atoms with Crippen molar-refractivity contribution in [3.05, 3.63) is 41.7 Å². The van der Waals surface area contributed by atoms with Crippen LogP contribution in [0.25, 0.3) is 0 Å². The number of carbonyl (C=O) groups is 2. The standard InChI is InChI=1S/C19H25N3O2/c1-15(2)11-17(23)21-9-5-19(6-10-21)12-18(24)22(14-19)13-16-3-7-20-8-4-16/h3-4,7-8,11H,5-6,9-10,12-14H2,1-2H3. The van der Waals surface area contributed by atoms with E-state index >= 15 is 0 Å². The average molecular weight is 327 g/mol. The van der Waals surface area contributed by atoms with Gasteiger partial charge in [0.15, 0.2) is 0 Å². The normalized spacial score (nSPS) is 19.7. The first kappa shape index (κ1) is 16.7. The molecule has 0 radical (unpaired) electrons. The van der Waals surface area contributed by atoms with E-state index in [2.05, 4.69) is 4.98 Å². The molecule has 5 heteroatoms. The van der Waals surface area contributed by atoms with Crippen molar-refractivity contribution in [2.45, 2.75) is 39.7 Å². The van der Waals surface area contributed by atoms with Crippen LogP contribution in [0.15, 0.2) is 36.2 Å². The summed E-state index contributed by atoms with van der Waals surface area (Å²) in [5, 5.41) is 0. The molecule has 128 valence electrons. The van der Waals surface area contributed by atoms with Gasteiger partial charge >= 0.3 is 0 Å². The third kappa shape index (κ3) is 3.66. The smallest absolute Gasteiger partial charge is 0.246 e. The fourth-order valence-electron chi connectivity index (χ4n) is 3.71. The molecule has 24 heavy (non-hydrogen) atoms. The van der Waals surface area contributed by atoms with Crippen molar-refractivity contribution in [2.24, 2.45) is 5.41 Å². The summed E-state index contributed by atoms with van der Waals surface area (Å²) in [6.45, 7) is 6.84. The van der Waals surface area contributed by atoms with Crippen molar-refractivity contribution >= 4 is 11.8 Å². The van der Waals surface area contributed by atoms with Gasteiger partial charge in [-0.05, 0) is 44.4 Å². The van der Waals surface area contributed by atoms with E-state index in [0.717, 1.165) is 43.6 Å². The number of aromatic nitrogens is 1. The Bertz CT molecular complexity index is 642. The molecule has 1 aromatic rings. The van der Waals surface area contributed by atoms with Gasteiger partial charge in [0.2, 0.25) is 11.8 Å². The lowest BCUT2D eigenvalue weighted by molar-refractivity contribution is -0.128. The van der Waals surface area contributed by atoms with E-state index in [0.29, 0.717) is 13.0 Å². The number of pyridine rings is 1. The SMILES string of the molecule is CC(C)=CC(=O)N1CCC2(CC1)CC(=O)N(Cc1ccncc1)C2. The Morgan fingerprint density at radius 1 is 1.25 bits per heavy atom. The van der Waals surface area contributed by atoms with Gasteiger partial charge < -0.3 is 9.80 Å². The number of hydrogen-bond acceptors (Lipinski definition) is 3. The Balaban J connectivity index is 1.60. The molecule has 0 N–H and O–H groups in total. The third-order valence-electron chi connectivity index (χ3n) is 5.08. The number of carbonyl (C=O) groups excluding carboxylic acids is 2. The van der Waals surface area contributed by atoms with Crippen molar-refractivity contribution in [3.63, 3.8) is 0 Å². The molecule has 0 unspecified atom stereocenters. The van der Waals surface area contributed by atoms with Crippen LogP contribution in [0.1, 0.15) is 38.7 Å². The molecule has 2 aliphatic heterocycles. The highest BCUT2D eigenvalue weighted by atomic mass is 16.2. The second kappa shape index (κ2) is 6.75. The maximum absolute atomic E-state index is 12.4. The van der Waals surface area contributed by atoms with E-state index in [1.54, 1.807) is 18.5 Å². The van der Waals surface area contributed by atoms with E-state index < -0.39 is 0 Å². The summed E-state index contributed by atoms with van der Waals surface area (Å²) in [5.41, 5.74) is 2.19. The zero-order chi connectivity index (χ0) is 17.2. The van der Waals surface area contributed by atoms with Crippen LogP contribution in [0.4, 0.5) is 0 Å². The highest BCUT2D eigenvalue weighted by Crippen LogP contribution is 2.41. The molecule has 5 nitrogen and oxygen atoms in total. The highest BCUT2D eigenvalue weighted by molar-refractivity contribution is 5.88. The van der Waals surface area contributed by atoms with E-state index in [1.807, 2.05) is 35.8 Å². The minimum atomic E-state index is 0.0475. The lowest BCUT2D eigenvalue weighted by atomic mass is 9.77. The van der Waals surface area contributed by atoms with Crippen LogP contribution >= 0.6 is 0 Å². The minimum absolute atomic E-state index is 0.0475. The van der Waals surface area contributed by atoms with Gasteiger partial charge in [0.05, 0.1) is 0 Å². The number of nitrogens with zero attached hydrogens (tertiary/aromatic N) is 3. The van der Waals surface area contributed by atoms with Crippen LogP contribution in [0.2, 0.25) is 0 Å². The number of amides is 2. The number of allylic oxidation sites excluding steroid dienone is 1. The molecule has 1 aromatic heterocycles. The molecule has 1 spiro atoms. The summed E-state index contributed by atoms with van der Waals surface area (Å²) >= 11 is 0. The summed E-state index contributed by atoms with van der Waals surface area (Å²) in [6.07, 6.45) is 7.66. The van der Waals surface area contributed by atoms with Gasteiger partial charge in [-0.25, -0.2) is 0 Å². The summed E-state index contributed by atoms with van der Waals surface area (Å²) in [4.78, 5) is 32.5. The molecule has 3 rings (SSSR count). The largest absolute Gasteiger partial charge is 0.339 e. The average Bonchev–Trinajstić information content (AvgIpc) is 2.83. The molecule has 0 bridgehead atoms. The van der Waals surface area contributed by atoms with Gasteiger partial charge in [0.25, 0.3) is 0 Å². The second-order valence-corrected chi connectivity index (χ2v) is 7.33. The van der Waals surface area contributed by atoms with Crippen LogP contribution in [-0.2, 0) is 16.1 Å². The molecule has 2 aliphatic rings. The lowest BCUT2D eigenvalue weighted by Gasteiger charge is -2.38. The van der Waals surface area contributed by atoms with Gasteiger partial charge in [0.1, 0.15) is 0 Å². The molecule has 2 fully saturated rings. The molecule has 0 saturated carbocycles. The van der Waals surface area contributed by atoms with E-state index in [9.17, 15) is 9.59 Å². The fourth-order valence-corrected chi connectivity index (χ4v) is 3.71. The van der Waals surface area contributed by atoms with Gasteiger partial charge in [-0.15, -0.1) is 0 Å². The minimum Gasteiger partial charge on any atom is -0.339 e. The van der Waals surface area contributed by atoms with Crippen molar-refractivity contribution < 1.29 is 9.59 Å². The van der Waals surface area contributed by atoms with Gasteiger partial charge in [-0.2, -0.15) is 0 Å². The van der Waals surface area contributed by atoms with Crippen LogP contribution in [0.5, 0.6) is 0 Å². The predicted octanol–water partition coefficient (Wildman–Crippen LogP) is 2.39. The zero-order valence-corrected chi connectivity index (χ0v) is 14.5. The molecule has 0 atom stereocenters. The Hall–Kier alpha value is -2.17. The van der Waals surface area contributed by atoms with Crippen molar-refractivity contribution in [1.82, 2.24) is 14.8 Å². The Kier molecular flexibility index (Phi) is 4.69. The van der Waals surface area contributed by atoms with Crippen LogP contribution < -0.4 is 0 Å². The number of likely N-dealkylation sites (tertiary alicyclic amines) is 2. The van der Waals surface area contributed by atoms with Gasteiger partial charge in [-0.1, -0.05) is 5.57 Å². The Morgan fingerprint density at radius 3 is 2.54 bits per heavy atom. The number of rotatable bonds is 3. The number of piperidine rings is 1. The summed E-state index contributed by atoms with van der Waals surface area (Å²) in [7, 11) is 0. The summed E-state index contributed by atoms with van der Waals surface area (Å²) in [6, 6.07) is 3.91. The van der Waals surface area contributed by atoms with Crippen LogP contribution in [0, 0.1) is 5.41 Å². The van der Waals surface area contributed by atoms with Crippen LogP contribution in [0.3, 0.4) is 0 Å². The van der Waals surface area contributed by atoms with Crippen molar-refractivity contribution in [3.8, 4) is 0 Å². The van der Waals surface area contributed by atoms with E-state index in [4.69, 9.17) is 0 Å². The van der Waals surface area contributed by atoms with Crippen molar-refractivity contribution in [1.29, 1.82) is 0 Å².